The fraction of sp³-hybridized carbons (Fsp3) is 0.458. The van der Waals surface area contributed by atoms with Crippen molar-refractivity contribution in [3.05, 3.63) is 70.3 Å². The molecule has 3 rings (SSSR count). The average Bonchev–Trinajstić information content (AvgIpc) is 2.66. The van der Waals surface area contributed by atoms with Crippen molar-refractivity contribution in [2.24, 2.45) is 5.92 Å². The third kappa shape index (κ3) is 4.98. The molecule has 0 aliphatic carbocycles. The van der Waals surface area contributed by atoms with Gasteiger partial charge < -0.3 is 5.32 Å². The van der Waals surface area contributed by atoms with E-state index in [1.807, 2.05) is 0 Å². The Morgan fingerprint density at radius 3 is 2.41 bits per heavy atom. The van der Waals surface area contributed by atoms with E-state index in [1.165, 1.54) is 27.8 Å². The van der Waals surface area contributed by atoms with Crippen molar-refractivity contribution in [2.45, 2.75) is 53.1 Å². The lowest BCUT2D eigenvalue weighted by Gasteiger charge is -2.32. The first kappa shape index (κ1) is 19.6. The van der Waals surface area contributed by atoms with Crippen molar-refractivity contribution in [2.75, 3.05) is 13.1 Å². The van der Waals surface area contributed by atoms with Crippen LogP contribution in [0.25, 0.3) is 0 Å². The highest BCUT2D eigenvalue weighted by atomic mass is 16.1. The Balaban J connectivity index is 1.51. The molecule has 27 heavy (non-hydrogen) atoms. The van der Waals surface area contributed by atoms with Crippen LogP contribution in [-0.4, -0.2) is 23.9 Å². The molecule has 2 aromatic carbocycles. The standard InChI is InChI=1S/C24H32N2O/c1-17-9-10-22(15-19(17)3)20(4)25-24(27)21-11-13-26(14-12-21)16-23-8-6-5-7-18(23)2/h5-10,15,20-21H,11-14,16H2,1-4H3,(H,25,27)/t20-/m0/s1. The molecule has 1 saturated heterocycles. The van der Waals surface area contributed by atoms with Crippen LogP contribution in [-0.2, 0) is 11.3 Å². The van der Waals surface area contributed by atoms with Crippen LogP contribution in [0, 0.1) is 26.7 Å². The van der Waals surface area contributed by atoms with Crippen LogP contribution in [0.15, 0.2) is 42.5 Å². The molecular weight excluding hydrogens is 332 g/mol. The molecule has 1 aliphatic heterocycles. The van der Waals surface area contributed by atoms with Gasteiger partial charge in [-0.1, -0.05) is 42.5 Å². The third-order valence-electron chi connectivity index (χ3n) is 6.00. The number of nitrogens with zero attached hydrogens (tertiary/aromatic N) is 1. The number of carbonyl (C=O) groups is 1. The van der Waals surface area contributed by atoms with Crippen molar-refractivity contribution in [3.8, 4) is 0 Å². The summed E-state index contributed by atoms with van der Waals surface area (Å²) in [6.07, 6.45) is 1.88. The van der Waals surface area contributed by atoms with Gasteiger partial charge in [0.15, 0.2) is 0 Å². The maximum absolute atomic E-state index is 12.7. The summed E-state index contributed by atoms with van der Waals surface area (Å²) in [5.41, 5.74) is 6.49. The largest absolute Gasteiger partial charge is 0.349 e. The minimum atomic E-state index is 0.0572. The molecule has 1 N–H and O–H groups in total. The number of aryl methyl sites for hydroxylation is 3. The van der Waals surface area contributed by atoms with Crippen LogP contribution in [0.4, 0.5) is 0 Å². The average molecular weight is 365 g/mol. The first-order valence-corrected chi connectivity index (χ1v) is 10.1. The number of benzene rings is 2. The summed E-state index contributed by atoms with van der Waals surface area (Å²) in [5.74, 6) is 0.336. The highest BCUT2D eigenvalue weighted by Gasteiger charge is 2.26. The number of piperidine rings is 1. The quantitative estimate of drug-likeness (QED) is 0.834. The highest BCUT2D eigenvalue weighted by molar-refractivity contribution is 5.79. The SMILES string of the molecule is Cc1ccc([C@H](C)NC(=O)C2CCN(Cc3ccccc3C)CC2)cc1C. The fourth-order valence-electron chi connectivity index (χ4n) is 3.83. The lowest BCUT2D eigenvalue weighted by Crippen LogP contribution is -2.41. The van der Waals surface area contributed by atoms with Gasteiger partial charge in [-0.2, -0.15) is 0 Å². The maximum atomic E-state index is 12.7. The molecule has 1 atom stereocenters. The molecule has 1 heterocycles. The summed E-state index contributed by atoms with van der Waals surface area (Å²) in [6, 6.07) is 15.1. The number of likely N-dealkylation sites (tertiary alicyclic amines) is 1. The molecule has 144 valence electrons. The van der Waals surface area contributed by atoms with Crippen LogP contribution in [0.2, 0.25) is 0 Å². The van der Waals surface area contributed by atoms with Crippen molar-refractivity contribution < 1.29 is 4.79 Å². The Kier molecular flexibility index (Phi) is 6.33. The van der Waals surface area contributed by atoms with Crippen LogP contribution in [0.3, 0.4) is 0 Å². The molecular formula is C24H32N2O. The molecule has 3 nitrogen and oxygen atoms in total. The molecule has 3 heteroatoms. The van der Waals surface area contributed by atoms with E-state index >= 15 is 0 Å². The molecule has 0 spiro atoms. The van der Waals surface area contributed by atoms with Gasteiger partial charge in [-0.25, -0.2) is 0 Å². The molecule has 1 amide bonds. The summed E-state index contributed by atoms with van der Waals surface area (Å²) in [4.78, 5) is 15.2. The molecule has 0 radical (unpaired) electrons. The summed E-state index contributed by atoms with van der Waals surface area (Å²) in [5, 5.41) is 3.23. The Morgan fingerprint density at radius 2 is 1.74 bits per heavy atom. The molecule has 0 unspecified atom stereocenters. The number of carbonyl (C=O) groups excluding carboxylic acids is 1. The second-order valence-electron chi connectivity index (χ2n) is 8.05. The van der Waals surface area contributed by atoms with Crippen LogP contribution in [0.1, 0.15) is 53.6 Å². The van der Waals surface area contributed by atoms with Gasteiger partial charge >= 0.3 is 0 Å². The Labute approximate surface area is 163 Å². The normalized spacial score (nSPS) is 16.9. The molecule has 2 aromatic rings. The van der Waals surface area contributed by atoms with Gasteiger partial charge in [-0.3, -0.25) is 9.69 Å². The van der Waals surface area contributed by atoms with E-state index in [1.54, 1.807) is 0 Å². The third-order valence-corrected chi connectivity index (χ3v) is 6.00. The van der Waals surface area contributed by atoms with Gasteiger partial charge in [0, 0.05) is 12.5 Å². The second-order valence-corrected chi connectivity index (χ2v) is 8.05. The molecule has 0 bridgehead atoms. The van der Waals surface area contributed by atoms with E-state index < -0.39 is 0 Å². The van der Waals surface area contributed by atoms with Gasteiger partial charge in [-0.05, 0) is 81.4 Å². The molecule has 0 saturated carbocycles. The summed E-state index contributed by atoms with van der Waals surface area (Å²) >= 11 is 0. The van der Waals surface area contributed by atoms with E-state index in [-0.39, 0.29) is 17.9 Å². The Bertz CT molecular complexity index is 791. The first-order valence-electron chi connectivity index (χ1n) is 10.1. The monoisotopic (exact) mass is 364 g/mol. The number of amides is 1. The zero-order chi connectivity index (χ0) is 19.4. The second kappa shape index (κ2) is 8.71. The van der Waals surface area contributed by atoms with Crippen molar-refractivity contribution in [1.29, 1.82) is 0 Å². The van der Waals surface area contributed by atoms with Crippen LogP contribution >= 0.6 is 0 Å². The van der Waals surface area contributed by atoms with Gasteiger partial charge in [-0.15, -0.1) is 0 Å². The van der Waals surface area contributed by atoms with Crippen molar-refractivity contribution in [3.63, 3.8) is 0 Å². The Morgan fingerprint density at radius 1 is 1.04 bits per heavy atom. The van der Waals surface area contributed by atoms with Crippen molar-refractivity contribution >= 4 is 5.91 Å². The number of hydrogen-bond donors (Lipinski definition) is 1. The van der Waals surface area contributed by atoms with E-state index in [0.29, 0.717) is 0 Å². The number of nitrogens with one attached hydrogen (secondary N) is 1. The minimum absolute atomic E-state index is 0.0572. The maximum Gasteiger partial charge on any atom is 0.223 e. The predicted molar refractivity (Wildman–Crippen MR) is 112 cm³/mol. The molecule has 0 aromatic heterocycles. The van der Waals surface area contributed by atoms with Crippen molar-refractivity contribution in [1.82, 2.24) is 10.2 Å². The topological polar surface area (TPSA) is 32.3 Å². The Hall–Kier alpha value is -2.13. The van der Waals surface area contributed by atoms with E-state index in [2.05, 4.69) is 80.4 Å². The molecule has 1 aliphatic rings. The van der Waals surface area contributed by atoms with E-state index in [4.69, 9.17) is 0 Å². The zero-order valence-corrected chi connectivity index (χ0v) is 17.1. The first-order chi connectivity index (χ1) is 12.9. The summed E-state index contributed by atoms with van der Waals surface area (Å²) in [7, 11) is 0. The lowest BCUT2D eigenvalue weighted by molar-refractivity contribution is -0.127. The number of hydrogen-bond acceptors (Lipinski definition) is 2. The summed E-state index contributed by atoms with van der Waals surface area (Å²) in [6.45, 7) is 11.5. The van der Waals surface area contributed by atoms with Gasteiger partial charge in [0.1, 0.15) is 0 Å². The molecule has 1 fully saturated rings. The fourth-order valence-corrected chi connectivity index (χ4v) is 3.83. The zero-order valence-electron chi connectivity index (χ0n) is 17.1. The van der Waals surface area contributed by atoms with Gasteiger partial charge in [0.25, 0.3) is 0 Å². The van der Waals surface area contributed by atoms with E-state index in [9.17, 15) is 4.79 Å². The van der Waals surface area contributed by atoms with Crippen LogP contribution in [0.5, 0.6) is 0 Å². The van der Waals surface area contributed by atoms with Gasteiger partial charge in [0.05, 0.1) is 6.04 Å². The minimum Gasteiger partial charge on any atom is -0.349 e. The summed E-state index contributed by atoms with van der Waals surface area (Å²) < 4.78 is 0. The lowest BCUT2D eigenvalue weighted by atomic mass is 9.94. The smallest absolute Gasteiger partial charge is 0.223 e. The highest BCUT2D eigenvalue weighted by Crippen LogP contribution is 2.22. The predicted octanol–water partition coefficient (Wildman–Crippen LogP) is 4.70. The van der Waals surface area contributed by atoms with E-state index in [0.717, 1.165) is 32.5 Å². The number of rotatable bonds is 5. The van der Waals surface area contributed by atoms with Crippen LogP contribution < -0.4 is 5.32 Å². The van der Waals surface area contributed by atoms with Gasteiger partial charge in [0.2, 0.25) is 5.91 Å².